The lowest BCUT2D eigenvalue weighted by atomic mass is 10.5. The second kappa shape index (κ2) is 8.52. The standard InChI is InChI=1S/C6H10O2.C3H4O2/c1-4-6(7)8-5(2)3;1-2-3(4)5/h4-5H,1H2,2-3H3;2H,1H2,(H,4,5). The van der Waals surface area contributed by atoms with E-state index in [0.29, 0.717) is 0 Å². The van der Waals surface area contributed by atoms with E-state index >= 15 is 0 Å². The van der Waals surface area contributed by atoms with Gasteiger partial charge in [0, 0.05) is 12.2 Å². The lowest BCUT2D eigenvalue weighted by molar-refractivity contribution is -0.141. The highest BCUT2D eigenvalue weighted by atomic mass is 16.5. The van der Waals surface area contributed by atoms with Crippen LogP contribution >= 0.6 is 0 Å². The Morgan fingerprint density at radius 2 is 1.69 bits per heavy atom. The van der Waals surface area contributed by atoms with Crippen LogP contribution in [0, 0.1) is 0 Å². The van der Waals surface area contributed by atoms with E-state index in [4.69, 9.17) is 5.11 Å². The number of ether oxygens (including phenoxy) is 1. The second-order valence-corrected chi connectivity index (χ2v) is 2.23. The summed E-state index contributed by atoms with van der Waals surface area (Å²) in [7, 11) is 0. The Hall–Kier alpha value is -1.58. The molecule has 0 bridgehead atoms. The maximum absolute atomic E-state index is 10.3. The van der Waals surface area contributed by atoms with Crippen LogP contribution in [0.2, 0.25) is 0 Å². The molecule has 0 aliphatic carbocycles. The van der Waals surface area contributed by atoms with Crippen molar-refractivity contribution in [1.29, 1.82) is 0 Å². The number of hydrogen-bond donors (Lipinski definition) is 1. The summed E-state index contributed by atoms with van der Waals surface area (Å²) in [5, 5.41) is 7.60. The molecular formula is C9H14O4. The smallest absolute Gasteiger partial charge is 0.330 e. The van der Waals surface area contributed by atoms with Crippen molar-refractivity contribution < 1.29 is 19.4 Å². The number of esters is 1. The van der Waals surface area contributed by atoms with E-state index < -0.39 is 5.97 Å². The molecule has 0 aromatic rings. The van der Waals surface area contributed by atoms with E-state index in [1.54, 1.807) is 13.8 Å². The minimum Gasteiger partial charge on any atom is -0.478 e. The average Bonchev–Trinajstić information content (AvgIpc) is 2.04. The Morgan fingerprint density at radius 3 is 1.77 bits per heavy atom. The first-order chi connectivity index (χ1) is 5.93. The lowest BCUT2D eigenvalue weighted by Crippen LogP contribution is -2.07. The summed E-state index contributed by atoms with van der Waals surface area (Å²) in [5.41, 5.74) is 0. The number of carboxylic acid groups (broad SMARTS) is 1. The molecular weight excluding hydrogens is 172 g/mol. The van der Waals surface area contributed by atoms with Gasteiger partial charge in [-0.2, -0.15) is 0 Å². The van der Waals surface area contributed by atoms with Gasteiger partial charge in [-0.15, -0.1) is 0 Å². The molecule has 4 heteroatoms. The Morgan fingerprint density at radius 1 is 1.31 bits per heavy atom. The summed E-state index contributed by atoms with van der Waals surface area (Å²) in [5.74, 6) is -1.34. The number of rotatable bonds is 3. The normalized spacial score (nSPS) is 7.92. The molecule has 0 saturated heterocycles. The van der Waals surface area contributed by atoms with Crippen LogP contribution < -0.4 is 0 Å². The van der Waals surface area contributed by atoms with E-state index in [2.05, 4.69) is 17.9 Å². The van der Waals surface area contributed by atoms with Crippen LogP contribution in [0.1, 0.15) is 13.8 Å². The molecule has 0 aliphatic heterocycles. The Bertz CT molecular complexity index is 194. The van der Waals surface area contributed by atoms with Crippen molar-refractivity contribution in [2.45, 2.75) is 20.0 Å². The van der Waals surface area contributed by atoms with Crippen molar-refractivity contribution in [3.63, 3.8) is 0 Å². The van der Waals surface area contributed by atoms with Gasteiger partial charge in [0.1, 0.15) is 0 Å². The summed E-state index contributed by atoms with van der Waals surface area (Å²) >= 11 is 0. The fourth-order valence-electron chi connectivity index (χ4n) is 0.280. The Balaban J connectivity index is 0. The maximum atomic E-state index is 10.3. The monoisotopic (exact) mass is 186 g/mol. The summed E-state index contributed by atoms with van der Waals surface area (Å²) in [6.45, 7) is 9.79. The van der Waals surface area contributed by atoms with Crippen LogP contribution in [0.25, 0.3) is 0 Å². The zero-order chi connectivity index (χ0) is 10.9. The first kappa shape index (κ1) is 14.0. The van der Waals surface area contributed by atoms with Crippen LogP contribution in [0.3, 0.4) is 0 Å². The van der Waals surface area contributed by atoms with Gasteiger partial charge in [0.2, 0.25) is 0 Å². The highest BCUT2D eigenvalue weighted by Crippen LogP contribution is 1.87. The van der Waals surface area contributed by atoms with Gasteiger partial charge >= 0.3 is 11.9 Å². The molecule has 0 aromatic carbocycles. The van der Waals surface area contributed by atoms with E-state index in [-0.39, 0.29) is 12.1 Å². The number of aliphatic carboxylic acids is 1. The highest BCUT2D eigenvalue weighted by molar-refractivity contribution is 5.81. The topological polar surface area (TPSA) is 63.6 Å². The SMILES string of the molecule is C=CC(=O)O.C=CC(=O)OC(C)C. The summed E-state index contributed by atoms with van der Waals surface area (Å²) < 4.78 is 4.64. The van der Waals surface area contributed by atoms with Gasteiger partial charge in [0.05, 0.1) is 6.10 Å². The fraction of sp³-hybridized carbons (Fsp3) is 0.333. The Kier molecular flexibility index (Phi) is 9.15. The van der Waals surface area contributed by atoms with E-state index in [9.17, 15) is 9.59 Å². The molecule has 0 amide bonds. The predicted octanol–water partition coefficient (Wildman–Crippen LogP) is 1.38. The van der Waals surface area contributed by atoms with Crippen LogP contribution in [0.15, 0.2) is 25.3 Å². The van der Waals surface area contributed by atoms with Gasteiger partial charge in [-0.05, 0) is 13.8 Å². The molecule has 0 saturated carbocycles. The molecule has 13 heavy (non-hydrogen) atoms. The van der Waals surface area contributed by atoms with Gasteiger partial charge in [-0.1, -0.05) is 13.2 Å². The molecule has 0 unspecified atom stereocenters. The first-order valence-corrected chi connectivity index (χ1v) is 3.62. The molecule has 0 aliphatic rings. The van der Waals surface area contributed by atoms with Gasteiger partial charge in [0.15, 0.2) is 0 Å². The molecule has 0 radical (unpaired) electrons. The minimum absolute atomic E-state index is 0.0412. The molecule has 0 aromatic heterocycles. The zero-order valence-electron chi connectivity index (χ0n) is 7.82. The molecule has 1 N–H and O–H groups in total. The van der Waals surface area contributed by atoms with Crippen LogP contribution in [0.5, 0.6) is 0 Å². The fourth-order valence-corrected chi connectivity index (χ4v) is 0.280. The van der Waals surface area contributed by atoms with E-state index in [1.807, 2.05) is 0 Å². The largest absolute Gasteiger partial charge is 0.478 e. The molecule has 0 atom stereocenters. The third kappa shape index (κ3) is 17.9. The van der Waals surface area contributed by atoms with Crippen molar-refractivity contribution >= 4 is 11.9 Å². The number of carbonyl (C=O) groups excluding carboxylic acids is 1. The minimum atomic E-state index is -0.981. The van der Waals surface area contributed by atoms with Gasteiger partial charge in [-0.25, -0.2) is 9.59 Å². The van der Waals surface area contributed by atoms with Crippen molar-refractivity contribution in [3.8, 4) is 0 Å². The first-order valence-electron chi connectivity index (χ1n) is 3.62. The number of carbonyl (C=O) groups is 2. The zero-order valence-corrected chi connectivity index (χ0v) is 7.82. The van der Waals surface area contributed by atoms with Crippen molar-refractivity contribution in [2.24, 2.45) is 0 Å². The highest BCUT2D eigenvalue weighted by Gasteiger charge is 1.96. The molecule has 0 spiro atoms. The number of carboxylic acids is 1. The lowest BCUT2D eigenvalue weighted by Gasteiger charge is -2.02. The van der Waals surface area contributed by atoms with Crippen molar-refractivity contribution in [3.05, 3.63) is 25.3 Å². The van der Waals surface area contributed by atoms with Crippen LogP contribution in [-0.2, 0) is 14.3 Å². The van der Waals surface area contributed by atoms with E-state index in [1.165, 1.54) is 0 Å². The van der Waals surface area contributed by atoms with E-state index in [0.717, 1.165) is 12.2 Å². The Labute approximate surface area is 77.5 Å². The van der Waals surface area contributed by atoms with Gasteiger partial charge in [-0.3, -0.25) is 0 Å². The summed E-state index contributed by atoms with van der Waals surface area (Å²) in [6, 6.07) is 0. The van der Waals surface area contributed by atoms with Gasteiger partial charge < -0.3 is 9.84 Å². The molecule has 0 rings (SSSR count). The third-order valence-corrected chi connectivity index (χ3v) is 0.693. The third-order valence-electron chi connectivity index (χ3n) is 0.693. The second-order valence-electron chi connectivity index (χ2n) is 2.23. The van der Waals surface area contributed by atoms with Gasteiger partial charge in [0.25, 0.3) is 0 Å². The molecule has 0 heterocycles. The van der Waals surface area contributed by atoms with Crippen molar-refractivity contribution in [1.82, 2.24) is 0 Å². The van der Waals surface area contributed by atoms with Crippen molar-refractivity contribution in [2.75, 3.05) is 0 Å². The molecule has 0 fully saturated rings. The average molecular weight is 186 g/mol. The maximum Gasteiger partial charge on any atom is 0.330 e. The molecule has 4 nitrogen and oxygen atoms in total. The summed E-state index contributed by atoms with van der Waals surface area (Å²) in [4.78, 5) is 19.5. The quantitative estimate of drug-likeness (QED) is 0.534. The summed E-state index contributed by atoms with van der Waals surface area (Å²) in [6.07, 6.45) is 1.94. The molecule has 74 valence electrons. The number of hydrogen-bond acceptors (Lipinski definition) is 3. The van der Waals surface area contributed by atoms with Crippen LogP contribution in [-0.4, -0.2) is 23.1 Å². The van der Waals surface area contributed by atoms with Crippen LogP contribution in [0.4, 0.5) is 0 Å². The predicted molar refractivity (Wildman–Crippen MR) is 49.3 cm³/mol.